The fourth-order valence-electron chi connectivity index (χ4n) is 4.86. The number of hydrogen-bond acceptors (Lipinski definition) is 6. The highest BCUT2D eigenvalue weighted by atomic mass is 35.5. The van der Waals surface area contributed by atoms with Crippen LogP contribution in [0.1, 0.15) is 83.1 Å². The van der Waals surface area contributed by atoms with Crippen molar-refractivity contribution < 1.29 is 14.4 Å². The van der Waals surface area contributed by atoms with Gasteiger partial charge in [0.25, 0.3) is 11.8 Å². The number of nitrogens with one attached hydrogen (secondary N) is 1. The van der Waals surface area contributed by atoms with E-state index in [2.05, 4.69) is 9.69 Å². The summed E-state index contributed by atoms with van der Waals surface area (Å²) in [7, 11) is 0. The zero-order valence-electron chi connectivity index (χ0n) is 18.3. The molecule has 176 valence electrons. The van der Waals surface area contributed by atoms with Crippen molar-refractivity contribution in [2.75, 3.05) is 5.73 Å². The SMILES string of the molecule is NC(=O)c1nsc(C(=O)N(C2CCCC2)C(C(=O)NC2CCCC2)c2ccc(Cl)cc2)c1N. The molecule has 8 nitrogen and oxygen atoms in total. The molecule has 1 heterocycles. The molecule has 1 aromatic heterocycles. The Morgan fingerprint density at radius 3 is 2.24 bits per heavy atom. The smallest absolute Gasteiger partial charge is 0.270 e. The largest absolute Gasteiger partial charge is 0.395 e. The maximum Gasteiger partial charge on any atom is 0.270 e. The number of benzene rings is 1. The predicted octanol–water partition coefficient (Wildman–Crippen LogP) is 3.66. The molecule has 33 heavy (non-hydrogen) atoms. The van der Waals surface area contributed by atoms with E-state index in [4.69, 9.17) is 23.1 Å². The van der Waals surface area contributed by atoms with Crippen LogP contribution in [-0.2, 0) is 4.79 Å². The molecular weight excluding hydrogens is 462 g/mol. The van der Waals surface area contributed by atoms with Crippen LogP contribution in [0.4, 0.5) is 5.69 Å². The number of amides is 3. The molecule has 2 aliphatic rings. The van der Waals surface area contributed by atoms with Gasteiger partial charge in [0.05, 0.1) is 5.69 Å². The lowest BCUT2D eigenvalue weighted by Gasteiger charge is -2.36. The third-order valence-corrected chi connectivity index (χ3v) is 7.62. The summed E-state index contributed by atoms with van der Waals surface area (Å²) in [5, 5.41) is 3.70. The molecular formula is C23H28ClN5O3S. The van der Waals surface area contributed by atoms with Crippen molar-refractivity contribution in [2.24, 2.45) is 5.73 Å². The lowest BCUT2D eigenvalue weighted by Crippen LogP contribution is -2.49. The Balaban J connectivity index is 1.76. The number of nitrogen functional groups attached to an aromatic ring is 1. The van der Waals surface area contributed by atoms with Gasteiger partial charge in [0, 0.05) is 17.1 Å². The number of hydrogen-bond donors (Lipinski definition) is 3. The van der Waals surface area contributed by atoms with E-state index in [-0.39, 0.29) is 34.2 Å². The van der Waals surface area contributed by atoms with E-state index in [0.717, 1.165) is 62.9 Å². The number of carbonyl (C=O) groups is 3. The molecule has 1 aromatic carbocycles. The number of anilines is 1. The molecule has 0 radical (unpaired) electrons. The van der Waals surface area contributed by atoms with Crippen LogP contribution >= 0.6 is 23.1 Å². The normalized spacial score (nSPS) is 17.7. The Morgan fingerprint density at radius 2 is 1.67 bits per heavy atom. The van der Waals surface area contributed by atoms with E-state index in [1.807, 2.05) is 0 Å². The van der Waals surface area contributed by atoms with Crippen molar-refractivity contribution in [3.05, 3.63) is 45.4 Å². The van der Waals surface area contributed by atoms with E-state index in [0.29, 0.717) is 10.6 Å². The average molecular weight is 490 g/mol. The second kappa shape index (κ2) is 10.1. The number of rotatable bonds is 7. The second-order valence-corrected chi connectivity index (χ2v) is 9.94. The molecule has 2 saturated carbocycles. The number of nitrogens with two attached hydrogens (primary N) is 2. The van der Waals surface area contributed by atoms with Crippen LogP contribution in [0.5, 0.6) is 0 Å². The van der Waals surface area contributed by atoms with E-state index in [1.165, 1.54) is 0 Å². The van der Waals surface area contributed by atoms with Crippen molar-refractivity contribution in [3.8, 4) is 0 Å². The van der Waals surface area contributed by atoms with E-state index >= 15 is 0 Å². The number of aromatic nitrogens is 1. The Bertz CT molecular complexity index is 1030. The zero-order chi connectivity index (χ0) is 23.5. The molecule has 10 heteroatoms. The number of nitrogens with zero attached hydrogens (tertiary/aromatic N) is 2. The first-order valence-electron chi connectivity index (χ1n) is 11.3. The summed E-state index contributed by atoms with van der Waals surface area (Å²) in [5.41, 5.74) is 12.0. The van der Waals surface area contributed by atoms with Crippen molar-refractivity contribution in [3.63, 3.8) is 0 Å². The third kappa shape index (κ3) is 4.99. The third-order valence-electron chi connectivity index (χ3n) is 6.52. The van der Waals surface area contributed by atoms with Crippen molar-refractivity contribution >= 4 is 46.5 Å². The Kier molecular flexibility index (Phi) is 7.19. The fraction of sp³-hybridized carbons (Fsp3) is 0.478. The summed E-state index contributed by atoms with van der Waals surface area (Å²) in [5.74, 6) is -1.42. The maximum atomic E-state index is 13.9. The van der Waals surface area contributed by atoms with Crippen LogP contribution in [0, 0.1) is 0 Å². The minimum absolute atomic E-state index is 0.0356. The van der Waals surface area contributed by atoms with Crippen molar-refractivity contribution in [1.29, 1.82) is 0 Å². The van der Waals surface area contributed by atoms with Crippen molar-refractivity contribution in [1.82, 2.24) is 14.6 Å². The molecule has 2 fully saturated rings. The number of halogens is 1. The van der Waals surface area contributed by atoms with Gasteiger partial charge in [-0.05, 0) is 54.9 Å². The van der Waals surface area contributed by atoms with Gasteiger partial charge in [-0.3, -0.25) is 14.4 Å². The number of carbonyl (C=O) groups excluding carboxylic acids is 3. The lowest BCUT2D eigenvalue weighted by molar-refractivity contribution is -0.127. The minimum Gasteiger partial charge on any atom is -0.395 e. The minimum atomic E-state index is -0.850. The molecule has 3 amide bonds. The van der Waals surface area contributed by atoms with Gasteiger partial charge in [0.1, 0.15) is 10.9 Å². The lowest BCUT2D eigenvalue weighted by atomic mass is 10.00. The Labute approximate surface area is 201 Å². The van der Waals surface area contributed by atoms with Crippen LogP contribution in [-0.4, -0.2) is 39.1 Å². The van der Waals surface area contributed by atoms with Gasteiger partial charge in [0.2, 0.25) is 5.91 Å². The predicted molar refractivity (Wildman–Crippen MR) is 128 cm³/mol. The van der Waals surface area contributed by atoms with Crippen LogP contribution in [0.2, 0.25) is 5.02 Å². The van der Waals surface area contributed by atoms with E-state index in [1.54, 1.807) is 29.2 Å². The highest BCUT2D eigenvalue weighted by molar-refractivity contribution is 7.09. The first-order chi connectivity index (χ1) is 15.9. The highest BCUT2D eigenvalue weighted by Crippen LogP contribution is 2.36. The summed E-state index contributed by atoms with van der Waals surface area (Å²) in [6.45, 7) is 0. The molecule has 0 spiro atoms. The van der Waals surface area contributed by atoms with Crippen LogP contribution in [0.15, 0.2) is 24.3 Å². The molecule has 1 atom stereocenters. The summed E-state index contributed by atoms with van der Waals surface area (Å²) in [4.78, 5) is 41.0. The second-order valence-electron chi connectivity index (χ2n) is 8.73. The van der Waals surface area contributed by atoms with Crippen molar-refractivity contribution in [2.45, 2.75) is 69.5 Å². The maximum absolute atomic E-state index is 13.9. The summed E-state index contributed by atoms with van der Waals surface area (Å²) in [6.07, 6.45) is 7.53. The zero-order valence-corrected chi connectivity index (χ0v) is 19.8. The molecule has 1 unspecified atom stereocenters. The molecule has 2 aliphatic carbocycles. The quantitative estimate of drug-likeness (QED) is 0.546. The van der Waals surface area contributed by atoms with E-state index < -0.39 is 17.9 Å². The molecule has 2 aromatic rings. The first kappa shape index (κ1) is 23.5. The number of primary amides is 1. The molecule has 0 bridgehead atoms. The van der Waals surface area contributed by atoms with Gasteiger partial charge < -0.3 is 21.7 Å². The summed E-state index contributed by atoms with van der Waals surface area (Å²) < 4.78 is 3.99. The topological polar surface area (TPSA) is 131 Å². The van der Waals surface area contributed by atoms with Gasteiger partial charge in [-0.1, -0.05) is 49.4 Å². The average Bonchev–Trinajstić information content (AvgIpc) is 3.54. The molecule has 5 N–H and O–H groups in total. The Hall–Kier alpha value is -2.65. The summed E-state index contributed by atoms with van der Waals surface area (Å²) >= 11 is 6.94. The fourth-order valence-corrected chi connectivity index (χ4v) is 5.73. The van der Waals surface area contributed by atoms with Crippen LogP contribution in [0.3, 0.4) is 0 Å². The molecule has 0 saturated heterocycles. The van der Waals surface area contributed by atoms with E-state index in [9.17, 15) is 14.4 Å². The van der Waals surface area contributed by atoms with Gasteiger partial charge in [0.15, 0.2) is 5.69 Å². The van der Waals surface area contributed by atoms with Crippen LogP contribution < -0.4 is 16.8 Å². The standard InChI is InChI=1S/C23H28ClN5O3S/c24-14-11-9-13(10-12-14)19(22(31)27-15-5-1-2-6-15)29(16-7-3-4-8-16)23(32)20-17(25)18(21(26)30)28-33-20/h9-12,15-16,19H,1-8,25H2,(H2,26,30)(H,27,31). The van der Waals surface area contributed by atoms with Gasteiger partial charge in [-0.2, -0.15) is 4.37 Å². The van der Waals surface area contributed by atoms with Crippen LogP contribution in [0.25, 0.3) is 0 Å². The van der Waals surface area contributed by atoms with Gasteiger partial charge in [-0.15, -0.1) is 0 Å². The Morgan fingerprint density at radius 1 is 1.06 bits per heavy atom. The summed E-state index contributed by atoms with van der Waals surface area (Å²) in [6, 6.07) is 6.11. The van der Waals surface area contributed by atoms with Gasteiger partial charge in [-0.25, -0.2) is 0 Å². The first-order valence-corrected chi connectivity index (χ1v) is 12.5. The highest BCUT2D eigenvalue weighted by Gasteiger charge is 2.40. The monoisotopic (exact) mass is 489 g/mol. The molecule has 4 rings (SSSR count). The molecule has 0 aliphatic heterocycles. The van der Waals surface area contributed by atoms with Gasteiger partial charge >= 0.3 is 0 Å².